The molecule has 0 saturated heterocycles. The molecule has 0 atom stereocenters. The Morgan fingerprint density at radius 2 is 2.00 bits per heavy atom. The van der Waals surface area contributed by atoms with E-state index in [4.69, 9.17) is 0 Å². The van der Waals surface area contributed by atoms with Gasteiger partial charge in [0.2, 0.25) is 0 Å². The highest BCUT2D eigenvalue weighted by Gasteiger charge is 2.14. The molecule has 3 nitrogen and oxygen atoms in total. The molecule has 0 fully saturated rings. The van der Waals surface area contributed by atoms with E-state index in [1.807, 2.05) is 42.1 Å². The SMILES string of the molecule is CCc1nn(C)c(CCC(=O)c2ccccc2)c1Br. The molecule has 2 aromatic rings. The highest BCUT2D eigenvalue weighted by Crippen LogP contribution is 2.23. The highest BCUT2D eigenvalue weighted by molar-refractivity contribution is 9.10. The summed E-state index contributed by atoms with van der Waals surface area (Å²) in [5.41, 5.74) is 2.90. The molecule has 4 heteroatoms. The molecule has 1 aromatic heterocycles. The number of benzene rings is 1. The van der Waals surface area contributed by atoms with Gasteiger partial charge in [-0.15, -0.1) is 0 Å². The fourth-order valence-electron chi connectivity index (χ4n) is 2.09. The number of ketones is 1. The molecule has 19 heavy (non-hydrogen) atoms. The number of carbonyl (C=O) groups excluding carboxylic acids is 1. The van der Waals surface area contributed by atoms with Gasteiger partial charge in [-0.3, -0.25) is 9.48 Å². The van der Waals surface area contributed by atoms with Crippen LogP contribution in [-0.2, 0) is 19.9 Å². The Morgan fingerprint density at radius 3 is 2.58 bits per heavy atom. The van der Waals surface area contributed by atoms with Gasteiger partial charge in [-0.2, -0.15) is 5.10 Å². The van der Waals surface area contributed by atoms with Gasteiger partial charge in [-0.25, -0.2) is 0 Å². The fraction of sp³-hybridized carbons (Fsp3) is 0.333. The summed E-state index contributed by atoms with van der Waals surface area (Å²) in [7, 11) is 1.92. The minimum atomic E-state index is 0.173. The summed E-state index contributed by atoms with van der Waals surface area (Å²) in [6.45, 7) is 2.08. The maximum atomic E-state index is 12.1. The molecule has 0 saturated carbocycles. The summed E-state index contributed by atoms with van der Waals surface area (Å²) in [6, 6.07) is 9.42. The highest BCUT2D eigenvalue weighted by atomic mass is 79.9. The van der Waals surface area contributed by atoms with Crippen LogP contribution in [-0.4, -0.2) is 15.6 Å². The molecule has 1 heterocycles. The van der Waals surface area contributed by atoms with Crippen molar-refractivity contribution in [2.75, 3.05) is 0 Å². The molecule has 0 aliphatic rings. The van der Waals surface area contributed by atoms with E-state index in [1.165, 1.54) is 0 Å². The Balaban J connectivity index is 2.07. The standard InChI is InChI=1S/C15H17BrN2O/c1-3-12-15(16)13(18(2)17-12)9-10-14(19)11-7-5-4-6-8-11/h4-8H,3,9-10H2,1-2H3. The van der Waals surface area contributed by atoms with Crippen molar-refractivity contribution in [2.24, 2.45) is 7.05 Å². The summed E-state index contributed by atoms with van der Waals surface area (Å²) in [5.74, 6) is 0.173. The second-order valence-corrected chi connectivity index (χ2v) is 5.27. The van der Waals surface area contributed by atoms with Gasteiger partial charge < -0.3 is 0 Å². The Bertz CT molecular complexity index is 575. The number of halogens is 1. The molecule has 0 N–H and O–H groups in total. The van der Waals surface area contributed by atoms with Crippen LogP contribution in [0.5, 0.6) is 0 Å². The minimum absolute atomic E-state index is 0.173. The lowest BCUT2D eigenvalue weighted by atomic mass is 10.1. The predicted molar refractivity (Wildman–Crippen MR) is 79.4 cm³/mol. The van der Waals surface area contributed by atoms with Gasteiger partial charge in [-0.1, -0.05) is 37.3 Å². The van der Waals surface area contributed by atoms with Gasteiger partial charge in [0.15, 0.2) is 5.78 Å². The lowest BCUT2D eigenvalue weighted by molar-refractivity contribution is 0.0982. The third-order valence-corrected chi connectivity index (χ3v) is 4.10. The third-order valence-electron chi connectivity index (χ3n) is 3.19. The number of hydrogen-bond donors (Lipinski definition) is 0. The van der Waals surface area contributed by atoms with Crippen LogP contribution in [0.25, 0.3) is 0 Å². The lowest BCUT2D eigenvalue weighted by Gasteiger charge is -2.03. The van der Waals surface area contributed by atoms with E-state index >= 15 is 0 Å². The van der Waals surface area contributed by atoms with Gasteiger partial charge in [-0.05, 0) is 28.8 Å². The molecule has 1 aromatic carbocycles. The lowest BCUT2D eigenvalue weighted by Crippen LogP contribution is -2.05. The second-order valence-electron chi connectivity index (χ2n) is 4.47. The zero-order valence-corrected chi connectivity index (χ0v) is 12.8. The van der Waals surface area contributed by atoms with Crippen LogP contribution < -0.4 is 0 Å². The van der Waals surface area contributed by atoms with Crippen molar-refractivity contribution in [3.8, 4) is 0 Å². The second kappa shape index (κ2) is 6.15. The quantitative estimate of drug-likeness (QED) is 0.789. The van der Waals surface area contributed by atoms with E-state index in [-0.39, 0.29) is 5.78 Å². The van der Waals surface area contributed by atoms with E-state index in [1.54, 1.807) is 0 Å². The van der Waals surface area contributed by atoms with E-state index in [9.17, 15) is 4.79 Å². The van der Waals surface area contributed by atoms with Gasteiger partial charge in [0.25, 0.3) is 0 Å². The summed E-state index contributed by atoms with van der Waals surface area (Å²) < 4.78 is 2.90. The van der Waals surface area contributed by atoms with Crippen molar-refractivity contribution in [1.82, 2.24) is 9.78 Å². The van der Waals surface area contributed by atoms with Crippen LogP contribution >= 0.6 is 15.9 Å². The topological polar surface area (TPSA) is 34.9 Å². The van der Waals surface area contributed by atoms with Crippen LogP contribution in [0.1, 0.15) is 35.1 Å². The summed E-state index contributed by atoms with van der Waals surface area (Å²) in [6.07, 6.45) is 2.10. The van der Waals surface area contributed by atoms with Crippen molar-refractivity contribution in [1.29, 1.82) is 0 Å². The van der Waals surface area contributed by atoms with Gasteiger partial charge in [0, 0.05) is 19.0 Å². The number of aryl methyl sites for hydroxylation is 2. The molecule has 0 radical (unpaired) electrons. The van der Waals surface area contributed by atoms with Crippen molar-refractivity contribution in [3.05, 3.63) is 51.8 Å². The predicted octanol–water partition coefficient (Wildman–Crippen LogP) is 3.56. The van der Waals surface area contributed by atoms with Crippen LogP contribution in [0.4, 0.5) is 0 Å². The van der Waals surface area contributed by atoms with E-state index in [0.717, 1.165) is 27.8 Å². The summed E-state index contributed by atoms with van der Waals surface area (Å²) >= 11 is 3.57. The van der Waals surface area contributed by atoms with Crippen LogP contribution in [0, 0.1) is 0 Å². The van der Waals surface area contributed by atoms with Gasteiger partial charge >= 0.3 is 0 Å². The number of rotatable bonds is 5. The van der Waals surface area contributed by atoms with Crippen LogP contribution in [0.2, 0.25) is 0 Å². The van der Waals surface area contributed by atoms with Gasteiger partial charge in [0.05, 0.1) is 15.9 Å². The molecule has 0 unspecified atom stereocenters. The van der Waals surface area contributed by atoms with Crippen molar-refractivity contribution < 1.29 is 4.79 Å². The van der Waals surface area contributed by atoms with Gasteiger partial charge in [0.1, 0.15) is 0 Å². The molecule has 0 amide bonds. The number of aromatic nitrogens is 2. The van der Waals surface area contributed by atoms with E-state index < -0.39 is 0 Å². The Kier molecular flexibility index (Phi) is 4.53. The average molecular weight is 321 g/mol. The van der Waals surface area contributed by atoms with Crippen LogP contribution in [0.3, 0.4) is 0 Å². The Hall–Kier alpha value is -1.42. The molecule has 0 bridgehead atoms. The molecular weight excluding hydrogens is 304 g/mol. The largest absolute Gasteiger partial charge is 0.294 e. The van der Waals surface area contributed by atoms with Crippen molar-refractivity contribution in [3.63, 3.8) is 0 Å². The maximum Gasteiger partial charge on any atom is 0.163 e. The average Bonchev–Trinajstić information content (AvgIpc) is 2.72. The van der Waals surface area contributed by atoms with Crippen molar-refractivity contribution in [2.45, 2.75) is 26.2 Å². The molecule has 0 spiro atoms. The number of carbonyl (C=O) groups is 1. The zero-order valence-electron chi connectivity index (χ0n) is 11.2. The smallest absolute Gasteiger partial charge is 0.163 e. The fourth-order valence-corrected chi connectivity index (χ4v) is 2.91. The Labute approximate surface area is 121 Å². The first-order chi connectivity index (χ1) is 9.13. The molecule has 0 aliphatic carbocycles. The normalized spacial score (nSPS) is 10.7. The number of nitrogens with zero attached hydrogens (tertiary/aromatic N) is 2. The molecule has 2 rings (SSSR count). The molecular formula is C15H17BrN2O. The number of Topliss-reactive ketones (excluding diaryl/α,β-unsaturated/α-hetero) is 1. The van der Waals surface area contributed by atoms with Crippen molar-refractivity contribution >= 4 is 21.7 Å². The van der Waals surface area contributed by atoms with E-state index in [0.29, 0.717) is 12.8 Å². The molecule has 100 valence electrons. The third kappa shape index (κ3) is 3.13. The monoisotopic (exact) mass is 320 g/mol. The first-order valence-corrected chi connectivity index (χ1v) is 7.21. The minimum Gasteiger partial charge on any atom is -0.294 e. The summed E-state index contributed by atoms with van der Waals surface area (Å²) in [5, 5.41) is 4.44. The zero-order chi connectivity index (χ0) is 13.8. The first kappa shape index (κ1) is 14.0. The maximum absolute atomic E-state index is 12.1. The van der Waals surface area contributed by atoms with Crippen LogP contribution in [0.15, 0.2) is 34.8 Å². The first-order valence-electron chi connectivity index (χ1n) is 6.42. The van der Waals surface area contributed by atoms with E-state index in [2.05, 4.69) is 28.0 Å². The summed E-state index contributed by atoms with van der Waals surface area (Å²) in [4.78, 5) is 12.1. The Morgan fingerprint density at radius 1 is 1.32 bits per heavy atom. The number of hydrogen-bond acceptors (Lipinski definition) is 2. The molecule has 0 aliphatic heterocycles.